The highest BCUT2D eigenvalue weighted by Gasteiger charge is 2.29. The number of aromatic nitrogens is 1. The van der Waals surface area contributed by atoms with Gasteiger partial charge in [-0.3, -0.25) is 4.79 Å². The van der Waals surface area contributed by atoms with Crippen molar-refractivity contribution >= 4 is 23.2 Å². The van der Waals surface area contributed by atoms with Gasteiger partial charge in [0.1, 0.15) is 15.7 Å². The van der Waals surface area contributed by atoms with Crippen molar-refractivity contribution in [3.63, 3.8) is 0 Å². The summed E-state index contributed by atoms with van der Waals surface area (Å²) in [6.07, 6.45) is -0.891. The van der Waals surface area contributed by atoms with Gasteiger partial charge in [0.15, 0.2) is 6.10 Å². The van der Waals surface area contributed by atoms with Gasteiger partial charge in [-0.25, -0.2) is 14.2 Å². The predicted octanol–water partition coefficient (Wildman–Crippen LogP) is 4.45. The van der Waals surface area contributed by atoms with Crippen LogP contribution in [-0.4, -0.2) is 39.9 Å². The number of amides is 1. The SMILES string of the molecule is Cc1nc(-c2ccc(F)cc2)sc1C(=O)O[C@@H](C)C(=O)N(C(C)C)C(C)C. The molecule has 0 aliphatic carbocycles. The molecule has 146 valence electrons. The van der Waals surface area contributed by atoms with E-state index in [2.05, 4.69) is 4.98 Å². The van der Waals surface area contributed by atoms with Crippen LogP contribution in [0.25, 0.3) is 10.6 Å². The lowest BCUT2D eigenvalue weighted by Crippen LogP contribution is -2.47. The molecule has 0 saturated carbocycles. The summed E-state index contributed by atoms with van der Waals surface area (Å²) in [4.78, 5) is 31.6. The first-order chi connectivity index (χ1) is 12.6. The van der Waals surface area contributed by atoms with Gasteiger partial charge < -0.3 is 9.64 Å². The summed E-state index contributed by atoms with van der Waals surface area (Å²) < 4.78 is 18.5. The third-order valence-corrected chi connectivity index (χ3v) is 5.26. The molecule has 0 radical (unpaired) electrons. The van der Waals surface area contributed by atoms with E-state index >= 15 is 0 Å². The first-order valence-corrected chi connectivity index (χ1v) is 9.70. The lowest BCUT2D eigenvalue weighted by atomic mass is 10.2. The highest BCUT2D eigenvalue weighted by atomic mass is 32.1. The highest BCUT2D eigenvalue weighted by Crippen LogP contribution is 2.29. The molecule has 0 spiro atoms. The average molecular weight is 392 g/mol. The summed E-state index contributed by atoms with van der Waals surface area (Å²) >= 11 is 1.17. The Morgan fingerprint density at radius 2 is 1.63 bits per heavy atom. The van der Waals surface area contributed by atoms with Crippen molar-refractivity contribution in [1.29, 1.82) is 0 Å². The lowest BCUT2D eigenvalue weighted by Gasteiger charge is -2.32. The standard InChI is InChI=1S/C20H25FN2O3S/c1-11(2)23(12(3)4)19(24)14(6)26-20(25)17-13(5)22-18(27-17)15-7-9-16(21)10-8-15/h7-12,14H,1-6H3/t14-/m0/s1. The molecule has 1 aromatic heterocycles. The Morgan fingerprint density at radius 1 is 1.07 bits per heavy atom. The first-order valence-electron chi connectivity index (χ1n) is 8.88. The highest BCUT2D eigenvalue weighted by molar-refractivity contribution is 7.17. The molecule has 1 aromatic carbocycles. The van der Waals surface area contributed by atoms with E-state index in [-0.39, 0.29) is 23.8 Å². The Bertz CT molecular complexity index is 807. The number of carbonyl (C=O) groups is 2. The normalized spacial score (nSPS) is 12.3. The minimum absolute atomic E-state index is 0.00821. The molecule has 0 bridgehead atoms. The molecule has 2 aromatic rings. The molecule has 2 rings (SSSR count). The second kappa shape index (κ2) is 8.61. The first kappa shape index (κ1) is 21.0. The zero-order valence-corrected chi connectivity index (χ0v) is 17.3. The number of esters is 1. The van der Waals surface area contributed by atoms with Crippen LogP contribution in [0, 0.1) is 12.7 Å². The number of rotatable bonds is 6. The van der Waals surface area contributed by atoms with Gasteiger partial charge in [0, 0.05) is 17.6 Å². The fourth-order valence-corrected chi connectivity index (χ4v) is 3.84. The fourth-order valence-electron chi connectivity index (χ4n) is 2.88. The van der Waals surface area contributed by atoms with Crippen LogP contribution in [-0.2, 0) is 9.53 Å². The summed E-state index contributed by atoms with van der Waals surface area (Å²) in [6, 6.07) is 5.92. The third-order valence-electron chi connectivity index (χ3n) is 4.07. The van der Waals surface area contributed by atoms with Gasteiger partial charge in [0.25, 0.3) is 5.91 Å². The Hall–Kier alpha value is -2.28. The zero-order valence-electron chi connectivity index (χ0n) is 16.4. The summed E-state index contributed by atoms with van der Waals surface area (Å²) in [7, 11) is 0. The van der Waals surface area contributed by atoms with Gasteiger partial charge in [0.2, 0.25) is 0 Å². The van der Waals surface area contributed by atoms with Crippen LogP contribution < -0.4 is 0 Å². The third kappa shape index (κ3) is 4.91. The van der Waals surface area contributed by atoms with Crippen molar-refractivity contribution in [2.75, 3.05) is 0 Å². The largest absolute Gasteiger partial charge is 0.448 e. The Morgan fingerprint density at radius 3 is 2.15 bits per heavy atom. The van der Waals surface area contributed by atoms with Crippen LogP contribution >= 0.6 is 11.3 Å². The average Bonchev–Trinajstić information content (AvgIpc) is 2.96. The molecular formula is C20H25FN2O3S. The molecule has 1 heterocycles. The summed E-state index contributed by atoms with van der Waals surface area (Å²) in [5.41, 5.74) is 1.24. The van der Waals surface area contributed by atoms with E-state index in [0.717, 1.165) is 5.56 Å². The van der Waals surface area contributed by atoms with E-state index < -0.39 is 12.1 Å². The van der Waals surface area contributed by atoms with Gasteiger partial charge in [-0.2, -0.15) is 0 Å². The molecule has 0 aliphatic heterocycles. The zero-order chi connectivity index (χ0) is 20.3. The van der Waals surface area contributed by atoms with Crippen molar-refractivity contribution in [3.8, 4) is 10.6 Å². The minimum Gasteiger partial charge on any atom is -0.448 e. The number of thiazole rings is 1. The lowest BCUT2D eigenvalue weighted by molar-refractivity contribution is -0.143. The summed E-state index contributed by atoms with van der Waals surface area (Å²) in [6.45, 7) is 11.0. The van der Waals surface area contributed by atoms with E-state index in [1.165, 1.54) is 23.5 Å². The summed E-state index contributed by atoms with van der Waals surface area (Å²) in [5, 5.41) is 0.601. The molecule has 0 unspecified atom stereocenters. The molecule has 0 fully saturated rings. The van der Waals surface area contributed by atoms with E-state index in [1.807, 2.05) is 27.7 Å². The van der Waals surface area contributed by atoms with Crippen molar-refractivity contribution < 1.29 is 18.7 Å². The van der Waals surface area contributed by atoms with Crippen molar-refractivity contribution in [3.05, 3.63) is 40.7 Å². The maximum absolute atomic E-state index is 13.1. The number of carbonyl (C=O) groups excluding carboxylic acids is 2. The minimum atomic E-state index is -0.891. The van der Waals surface area contributed by atoms with Crippen LogP contribution in [0.2, 0.25) is 0 Å². The van der Waals surface area contributed by atoms with E-state index in [9.17, 15) is 14.0 Å². The van der Waals surface area contributed by atoms with Gasteiger partial charge in [0.05, 0.1) is 5.69 Å². The maximum atomic E-state index is 13.1. The fraction of sp³-hybridized carbons (Fsp3) is 0.450. The van der Waals surface area contributed by atoms with Crippen LogP contribution in [0.3, 0.4) is 0 Å². The number of ether oxygens (including phenoxy) is 1. The van der Waals surface area contributed by atoms with Crippen LogP contribution in [0.4, 0.5) is 4.39 Å². The monoisotopic (exact) mass is 392 g/mol. The number of aryl methyl sites for hydroxylation is 1. The number of hydrogen-bond acceptors (Lipinski definition) is 5. The van der Waals surface area contributed by atoms with Gasteiger partial charge in [-0.15, -0.1) is 11.3 Å². The molecule has 27 heavy (non-hydrogen) atoms. The molecule has 0 saturated heterocycles. The molecule has 5 nitrogen and oxygen atoms in total. The van der Waals surface area contributed by atoms with Gasteiger partial charge in [-0.05, 0) is 65.8 Å². The maximum Gasteiger partial charge on any atom is 0.351 e. The molecule has 7 heteroatoms. The number of halogens is 1. The number of benzene rings is 1. The molecular weight excluding hydrogens is 367 g/mol. The topological polar surface area (TPSA) is 59.5 Å². The molecule has 1 atom stereocenters. The number of hydrogen-bond donors (Lipinski definition) is 0. The predicted molar refractivity (Wildman–Crippen MR) is 104 cm³/mol. The van der Waals surface area contributed by atoms with Crippen molar-refractivity contribution in [2.24, 2.45) is 0 Å². The van der Waals surface area contributed by atoms with Crippen molar-refractivity contribution in [1.82, 2.24) is 9.88 Å². The smallest absolute Gasteiger partial charge is 0.351 e. The van der Waals surface area contributed by atoms with E-state index in [1.54, 1.807) is 30.9 Å². The van der Waals surface area contributed by atoms with Crippen LogP contribution in [0.1, 0.15) is 50.0 Å². The van der Waals surface area contributed by atoms with Crippen molar-refractivity contribution in [2.45, 2.75) is 59.7 Å². The summed E-state index contributed by atoms with van der Waals surface area (Å²) in [5.74, 6) is -1.14. The van der Waals surface area contributed by atoms with Crippen LogP contribution in [0.15, 0.2) is 24.3 Å². The second-order valence-corrected chi connectivity index (χ2v) is 7.92. The Kier molecular flexibility index (Phi) is 6.70. The molecule has 0 N–H and O–H groups in total. The number of nitrogens with zero attached hydrogens (tertiary/aromatic N) is 2. The van der Waals surface area contributed by atoms with Gasteiger partial charge >= 0.3 is 5.97 Å². The van der Waals surface area contributed by atoms with E-state index in [4.69, 9.17) is 4.74 Å². The Balaban J connectivity index is 2.16. The quantitative estimate of drug-likeness (QED) is 0.682. The van der Waals surface area contributed by atoms with Gasteiger partial charge in [-0.1, -0.05) is 0 Å². The molecule has 1 amide bonds. The molecule has 0 aliphatic rings. The Labute approximate surface area is 163 Å². The van der Waals surface area contributed by atoms with E-state index in [0.29, 0.717) is 15.6 Å². The second-order valence-electron chi connectivity index (χ2n) is 6.92. The van der Waals surface area contributed by atoms with Crippen LogP contribution in [0.5, 0.6) is 0 Å².